The molecular formula is C32H66O4Se. The van der Waals surface area contributed by atoms with Gasteiger partial charge in [-0.3, -0.25) is 9.59 Å². The Bertz CT molecular complexity index is 403. The second-order valence-corrected chi connectivity index (χ2v) is 10.8. The van der Waals surface area contributed by atoms with Crippen molar-refractivity contribution in [1.29, 1.82) is 0 Å². The molecule has 0 saturated heterocycles. The molecule has 0 bridgehead atoms. The molecule has 0 fully saturated rings. The van der Waals surface area contributed by atoms with Gasteiger partial charge in [0.05, 0.1) is 0 Å². The molecule has 0 aromatic rings. The third-order valence-electron chi connectivity index (χ3n) is 6.99. The summed E-state index contributed by atoms with van der Waals surface area (Å²) in [6, 6.07) is 0. The third kappa shape index (κ3) is 45.7. The van der Waals surface area contributed by atoms with E-state index < -0.39 is 11.9 Å². The van der Waals surface area contributed by atoms with Crippen LogP contribution in [0.25, 0.3) is 0 Å². The zero-order chi connectivity index (χ0) is 27.0. The van der Waals surface area contributed by atoms with Gasteiger partial charge in [0.15, 0.2) is 0 Å². The molecule has 4 nitrogen and oxygen atoms in total. The Morgan fingerprint density at radius 1 is 0.351 bits per heavy atom. The van der Waals surface area contributed by atoms with Crippen LogP contribution in [-0.4, -0.2) is 39.2 Å². The summed E-state index contributed by atoms with van der Waals surface area (Å²) < 4.78 is 0. The summed E-state index contributed by atoms with van der Waals surface area (Å²) in [5.74, 6) is -1.31. The molecule has 0 aromatic carbocycles. The number of hydrogen-bond donors (Lipinski definition) is 2. The second-order valence-electron chi connectivity index (χ2n) is 10.8. The average Bonchev–Trinajstić information content (AvgIpc) is 2.85. The number of carboxylic acids is 2. The molecule has 0 amide bonds. The van der Waals surface area contributed by atoms with Crippen LogP contribution in [0.1, 0.15) is 194 Å². The molecule has 0 unspecified atom stereocenters. The summed E-state index contributed by atoms with van der Waals surface area (Å²) in [6.07, 6.45) is 34.5. The summed E-state index contributed by atoms with van der Waals surface area (Å²) >= 11 is 0. The van der Waals surface area contributed by atoms with Gasteiger partial charge in [0, 0.05) is 12.8 Å². The van der Waals surface area contributed by atoms with E-state index >= 15 is 0 Å². The molecule has 2 N–H and O–H groups in total. The molecule has 0 saturated carbocycles. The van der Waals surface area contributed by atoms with Crippen LogP contribution in [0.4, 0.5) is 0 Å². The van der Waals surface area contributed by atoms with E-state index in [2.05, 4.69) is 13.8 Å². The van der Waals surface area contributed by atoms with Crippen LogP contribution in [0.5, 0.6) is 0 Å². The molecule has 0 spiro atoms. The molecule has 0 heterocycles. The van der Waals surface area contributed by atoms with Gasteiger partial charge in [0.25, 0.3) is 0 Å². The Kier molecular flexibility index (Phi) is 41.6. The topological polar surface area (TPSA) is 74.6 Å². The summed E-state index contributed by atoms with van der Waals surface area (Å²) in [7, 11) is 0. The molecular weight excluding hydrogens is 527 g/mol. The quantitative estimate of drug-likeness (QED) is 0.0699. The van der Waals surface area contributed by atoms with Crippen molar-refractivity contribution >= 4 is 29.0 Å². The number of rotatable bonds is 28. The van der Waals surface area contributed by atoms with E-state index in [1.54, 1.807) is 0 Å². The standard InChI is InChI=1S/2C16H32O2.H2Se/c2*1-2-3-4-5-6-7-8-9-10-11-12-13-14-15-16(17)18;/h2*2-15H2,1H3,(H,17,18);1H2. The van der Waals surface area contributed by atoms with Gasteiger partial charge in [-0.15, -0.1) is 0 Å². The Hall–Kier alpha value is -0.541. The van der Waals surface area contributed by atoms with Gasteiger partial charge in [0.2, 0.25) is 0 Å². The van der Waals surface area contributed by atoms with Crippen LogP contribution < -0.4 is 0 Å². The van der Waals surface area contributed by atoms with Crippen molar-refractivity contribution in [2.75, 3.05) is 0 Å². The third-order valence-corrected chi connectivity index (χ3v) is 6.99. The number of unbranched alkanes of at least 4 members (excludes halogenated alkanes) is 24. The molecule has 5 heteroatoms. The van der Waals surface area contributed by atoms with Gasteiger partial charge in [0.1, 0.15) is 0 Å². The summed E-state index contributed by atoms with van der Waals surface area (Å²) in [5.41, 5.74) is 0. The van der Waals surface area contributed by atoms with Gasteiger partial charge in [-0.05, 0) is 12.8 Å². The Labute approximate surface area is 242 Å². The van der Waals surface area contributed by atoms with Gasteiger partial charge in [-0.1, -0.05) is 168 Å². The van der Waals surface area contributed by atoms with Crippen LogP contribution in [0.15, 0.2) is 0 Å². The first-order chi connectivity index (χ1) is 17.5. The minimum atomic E-state index is -0.655. The number of hydrogen-bond acceptors (Lipinski definition) is 2. The molecule has 0 aliphatic heterocycles. The molecule has 0 aliphatic rings. The summed E-state index contributed by atoms with van der Waals surface area (Å²) in [4.78, 5) is 20.6. The van der Waals surface area contributed by atoms with Crippen LogP contribution in [0.2, 0.25) is 0 Å². The van der Waals surface area contributed by atoms with Gasteiger partial charge < -0.3 is 10.2 Å². The van der Waals surface area contributed by atoms with Crippen molar-refractivity contribution in [3.63, 3.8) is 0 Å². The van der Waals surface area contributed by atoms with E-state index in [9.17, 15) is 9.59 Å². The molecule has 37 heavy (non-hydrogen) atoms. The van der Waals surface area contributed by atoms with Gasteiger partial charge in [-0.2, -0.15) is 0 Å². The van der Waals surface area contributed by atoms with Crippen molar-refractivity contribution < 1.29 is 19.8 Å². The predicted molar refractivity (Wildman–Crippen MR) is 164 cm³/mol. The average molecular weight is 594 g/mol. The van der Waals surface area contributed by atoms with E-state index in [4.69, 9.17) is 10.2 Å². The second kappa shape index (κ2) is 37.6. The van der Waals surface area contributed by atoms with Crippen molar-refractivity contribution in [3.05, 3.63) is 0 Å². The maximum atomic E-state index is 10.3. The fourth-order valence-electron chi connectivity index (χ4n) is 4.59. The summed E-state index contributed by atoms with van der Waals surface area (Å²) in [6.45, 7) is 4.52. The SMILES string of the molecule is CCCCCCCCCCCCCCCC(=O)O.CCCCCCCCCCCCCCCC(=O)O.[SeH2]. The first-order valence-corrected chi connectivity index (χ1v) is 16.0. The number of carboxylic acid groups (broad SMARTS) is 2. The zero-order valence-corrected chi connectivity index (χ0v) is 27.1. The van der Waals surface area contributed by atoms with Crippen molar-refractivity contribution in [1.82, 2.24) is 0 Å². The summed E-state index contributed by atoms with van der Waals surface area (Å²) in [5, 5.41) is 17.0. The normalized spacial score (nSPS) is 10.4. The van der Waals surface area contributed by atoms with Crippen LogP contribution in [-0.2, 0) is 9.59 Å². The fraction of sp³-hybridized carbons (Fsp3) is 0.938. The Morgan fingerprint density at radius 3 is 0.676 bits per heavy atom. The van der Waals surface area contributed by atoms with Gasteiger partial charge in [-0.25, -0.2) is 0 Å². The van der Waals surface area contributed by atoms with Crippen molar-refractivity contribution in [2.24, 2.45) is 0 Å². The molecule has 0 aliphatic carbocycles. The molecule has 0 radical (unpaired) electrons. The van der Waals surface area contributed by atoms with E-state index in [-0.39, 0.29) is 17.1 Å². The predicted octanol–water partition coefficient (Wildman–Crippen LogP) is 10.2. The Morgan fingerprint density at radius 2 is 0.514 bits per heavy atom. The molecule has 0 atom stereocenters. The Balaban J connectivity index is -0.000000608. The fourth-order valence-corrected chi connectivity index (χ4v) is 4.59. The number of aliphatic carboxylic acids is 2. The minimum absolute atomic E-state index is 0. The van der Waals surface area contributed by atoms with E-state index in [0.717, 1.165) is 25.7 Å². The first-order valence-electron chi connectivity index (χ1n) is 16.0. The van der Waals surface area contributed by atoms with E-state index in [0.29, 0.717) is 12.8 Å². The molecule has 0 aromatic heterocycles. The van der Waals surface area contributed by atoms with Crippen molar-refractivity contribution in [2.45, 2.75) is 194 Å². The van der Waals surface area contributed by atoms with E-state index in [1.807, 2.05) is 0 Å². The zero-order valence-electron chi connectivity index (χ0n) is 25.0. The maximum absolute atomic E-state index is 10.3. The van der Waals surface area contributed by atoms with Crippen LogP contribution >= 0.6 is 0 Å². The monoisotopic (exact) mass is 594 g/mol. The van der Waals surface area contributed by atoms with Gasteiger partial charge >= 0.3 is 29.0 Å². The molecule has 224 valence electrons. The van der Waals surface area contributed by atoms with E-state index in [1.165, 1.54) is 141 Å². The van der Waals surface area contributed by atoms with Crippen LogP contribution in [0, 0.1) is 0 Å². The van der Waals surface area contributed by atoms with Crippen LogP contribution in [0.3, 0.4) is 0 Å². The first kappa shape index (κ1) is 40.9. The number of carbonyl (C=O) groups is 2. The van der Waals surface area contributed by atoms with Crippen molar-refractivity contribution in [3.8, 4) is 0 Å². The molecule has 0 rings (SSSR count).